The molecule has 34 heavy (non-hydrogen) atoms. The van der Waals surface area contributed by atoms with Gasteiger partial charge in [0, 0.05) is 5.56 Å². The van der Waals surface area contributed by atoms with Crippen LogP contribution < -0.4 is 4.74 Å². The molecular weight excluding hydrogens is 437 g/mol. The van der Waals surface area contributed by atoms with E-state index in [4.69, 9.17) is 9.15 Å². The highest BCUT2D eigenvalue weighted by atomic mass is 19.1. The van der Waals surface area contributed by atoms with E-state index in [2.05, 4.69) is 20.8 Å². The van der Waals surface area contributed by atoms with Crippen molar-refractivity contribution in [1.82, 2.24) is 4.90 Å². The van der Waals surface area contributed by atoms with Gasteiger partial charge in [-0.05, 0) is 46.9 Å². The molecule has 1 amide bonds. The zero-order valence-electron chi connectivity index (χ0n) is 19.5. The highest BCUT2D eigenvalue weighted by molar-refractivity contribution is 6.46. The monoisotopic (exact) mass is 463 g/mol. The molecule has 1 N–H and O–H groups in total. The number of hydrogen-bond donors (Lipinski definition) is 1. The molecular formula is C27H26FNO5. The van der Waals surface area contributed by atoms with E-state index in [1.54, 1.807) is 12.1 Å². The Kier molecular flexibility index (Phi) is 6.04. The first-order valence-electron chi connectivity index (χ1n) is 10.9. The van der Waals surface area contributed by atoms with Gasteiger partial charge in [-0.2, -0.15) is 0 Å². The predicted octanol–water partition coefficient (Wildman–Crippen LogP) is 5.35. The third-order valence-corrected chi connectivity index (χ3v) is 5.96. The van der Waals surface area contributed by atoms with Crippen molar-refractivity contribution in [2.24, 2.45) is 0 Å². The molecule has 3 aromatic rings. The minimum absolute atomic E-state index is 0.00383. The number of carbonyl (C=O) groups is 2. The van der Waals surface area contributed by atoms with Gasteiger partial charge in [0.1, 0.15) is 11.5 Å². The molecule has 0 aliphatic carbocycles. The average molecular weight is 464 g/mol. The Morgan fingerprint density at radius 1 is 1.12 bits per heavy atom. The summed E-state index contributed by atoms with van der Waals surface area (Å²) >= 11 is 0. The van der Waals surface area contributed by atoms with Crippen molar-refractivity contribution in [2.75, 3.05) is 7.11 Å². The molecule has 6 nitrogen and oxygen atoms in total. The van der Waals surface area contributed by atoms with Crippen LogP contribution in [0.4, 0.5) is 4.39 Å². The lowest BCUT2D eigenvalue weighted by Gasteiger charge is -2.26. The zero-order chi connectivity index (χ0) is 24.6. The Bertz CT molecular complexity index is 1250. The normalized spacial score (nSPS) is 17.9. The van der Waals surface area contributed by atoms with Crippen LogP contribution >= 0.6 is 0 Å². The third-order valence-electron chi connectivity index (χ3n) is 5.96. The first kappa shape index (κ1) is 23.3. The molecule has 2 heterocycles. The summed E-state index contributed by atoms with van der Waals surface area (Å²) in [4.78, 5) is 27.5. The van der Waals surface area contributed by atoms with Crippen LogP contribution in [-0.4, -0.2) is 28.8 Å². The summed E-state index contributed by atoms with van der Waals surface area (Å²) in [6, 6.07) is 14.0. The fourth-order valence-corrected chi connectivity index (χ4v) is 4.09. The first-order valence-corrected chi connectivity index (χ1v) is 10.9. The van der Waals surface area contributed by atoms with Crippen molar-refractivity contribution >= 4 is 17.4 Å². The quantitative estimate of drug-likeness (QED) is 0.314. The van der Waals surface area contributed by atoms with E-state index in [0.29, 0.717) is 11.3 Å². The molecule has 1 fully saturated rings. The number of aliphatic hydroxyl groups is 1. The van der Waals surface area contributed by atoms with Gasteiger partial charge in [-0.25, -0.2) is 4.39 Å². The van der Waals surface area contributed by atoms with Gasteiger partial charge in [0.2, 0.25) is 0 Å². The van der Waals surface area contributed by atoms with Crippen molar-refractivity contribution in [1.29, 1.82) is 0 Å². The van der Waals surface area contributed by atoms with Gasteiger partial charge in [0.15, 0.2) is 11.6 Å². The summed E-state index contributed by atoms with van der Waals surface area (Å²) in [5.74, 6) is -2.26. The molecule has 2 aromatic carbocycles. The minimum atomic E-state index is -0.871. The summed E-state index contributed by atoms with van der Waals surface area (Å²) < 4.78 is 24.7. The summed E-state index contributed by atoms with van der Waals surface area (Å²) in [6.45, 7) is 6.30. The number of aliphatic hydroxyl groups excluding tert-OH is 1. The lowest BCUT2D eigenvalue weighted by atomic mass is 9.85. The topological polar surface area (TPSA) is 80.0 Å². The van der Waals surface area contributed by atoms with Gasteiger partial charge in [0.25, 0.3) is 11.7 Å². The maximum absolute atomic E-state index is 14.3. The highest BCUT2D eigenvalue weighted by Gasteiger charge is 2.46. The summed E-state index contributed by atoms with van der Waals surface area (Å²) in [5, 5.41) is 11.1. The summed E-state index contributed by atoms with van der Waals surface area (Å²) in [6.07, 6.45) is 1.49. The number of methoxy groups -OCH3 is 1. The third kappa shape index (κ3) is 4.21. The van der Waals surface area contributed by atoms with Crippen LogP contribution in [0.1, 0.15) is 49.3 Å². The molecule has 0 saturated carbocycles. The molecule has 1 atom stereocenters. The molecule has 0 unspecified atom stereocenters. The molecule has 0 radical (unpaired) electrons. The number of hydrogen-bond acceptors (Lipinski definition) is 5. The van der Waals surface area contributed by atoms with Crippen LogP contribution in [-0.2, 0) is 21.5 Å². The number of furan rings is 1. The number of Topliss-reactive ketones (excluding diaryl/α,β-unsaturated/α-hetero) is 1. The first-order chi connectivity index (χ1) is 16.1. The summed E-state index contributed by atoms with van der Waals surface area (Å²) in [7, 11) is 1.33. The van der Waals surface area contributed by atoms with Gasteiger partial charge < -0.3 is 19.2 Å². The number of benzene rings is 2. The average Bonchev–Trinajstić information content (AvgIpc) is 3.40. The van der Waals surface area contributed by atoms with Crippen molar-refractivity contribution in [3.05, 3.63) is 94.7 Å². The number of ether oxygens (including phenoxy) is 1. The fraction of sp³-hybridized carbons (Fsp3) is 0.259. The number of nitrogens with zero attached hydrogens (tertiary/aromatic N) is 1. The van der Waals surface area contributed by atoms with Crippen LogP contribution in [0.15, 0.2) is 70.9 Å². The van der Waals surface area contributed by atoms with Gasteiger partial charge >= 0.3 is 0 Å². The minimum Gasteiger partial charge on any atom is -0.507 e. The number of ketones is 1. The van der Waals surface area contributed by atoms with Crippen molar-refractivity contribution in [2.45, 2.75) is 38.8 Å². The Balaban J connectivity index is 1.86. The van der Waals surface area contributed by atoms with Crippen LogP contribution in [0.2, 0.25) is 0 Å². The van der Waals surface area contributed by atoms with Crippen LogP contribution in [0, 0.1) is 5.82 Å². The van der Waals surface area contributed by atoms with Crippen LogP contribution in [0.25, 0.3) is 5.76 Å². The summed E-state index contributed by atoms with van der Waals surface area (Å²) in [5.41, 5.74) is 1.61. The molecule has 1 aromatic heterocycles. The molecule has 0 bridgehead atoms. The van der Waals surface area contributed by atoms with E-state index in [1.807, 2.05) is 24.3 Å². The lowest BCUT2D eigenvalue weighted by molar-refractivity contribution is -0.140. The second kappa shape index (κ2) is 8.82. The van der Waals surface area contributed by atoms with Gasteiger partial charge in [-0.3, -0.25) is 9.59 Å². The van der Waals surface area contributed by atoms with E-state index in [0.717, 1.165) is 11.6 Å². The van der Waals surface area contributed by atoms with Gasteiger partial charge in [-0.15, -0.1) is 0 Å². The standard InChI is InChI=1S/C27H26FNO5/c1-27(2,3)18-10-7-16(8-11-18)23-22(24(30)17-9-12-21(33-4)20(28)14-17)25(31)26(32)29(23)15-19-6-5-13-34-19/h5-14,23,30H,15H2,1-4H3/t23-/m1/s1. The Hall–Kier alpha value is -3.87. The van der Waals surface area contributed by atoms with Crippen molar-refractivity contribution in [3.63, 3.8) is 0 Å². The maximum atomic E-state index is 14.3. The van der Waals surface area contributed by atoms with Crippen LogP contribution in [0.3, 0.4) is 0 Å². The molecule has 7 heteroatoms. The Labute approximate surface area is 197 Å². The number of rotatable bonds is 5. The highest BCUT2D eigenvalue weighted by Crippen LogP contribution is 2.41. The van der Waals surface area contributed by atoms with E-state index in [9.17, 15) is 19.1 Å². The fourth-order valence-electron chi connectivity index (χ4n) is 4.09. The largest absolute Gasteiger partial charge is 0.507 e. The van der Waals surface area contributed by atoms with Gasteiger partial charge in [0.05, 0.1) is 31.5 Å². The van der Waals surface area contributed by atoms with E-state index in [-0.39, 0.29) is 28.8 Å². The number of carbonyl (C=O) groups excluding carboxylic acids is 2. The Morgan fingerprint density at radius 3 is 2.38 bits per heavy atom. The molecule has 1 saturated heterocycles. The van der Waals surface area contributed by atoms with Crippen LogP contribution in [0.5, 0.6) is 5.75 Å². The smallest absolute Gasteiger partial charge is 0.296 e. The van der Waals surface area contributed by atoms with Gasteiger partial charge in [-0.1, -0.05) is 45.0 Å². The number of amides is 1. The molecule has 1 aliphatic rings. The second-order valence-corrected chi connectivity index (χ2v) is 9.23. The number of halogens is 1. The molecule has 176 valence electrons. The van der Waals surface area contributed by atoms with E-state index >= 15 is 0 Å². The molecule has 1 aliphatic heterocycles. The SMILES string of the molecule is COc1ccc(C(O)=C2C(=O)C(=O)N(Cc3ccco3)[C@@H]2c2ccc(C(C)(C)C)cc2)cc1F. The number of likely N-dealkylation sites (tertiary alicyclic amines) is 1. The maximum Gasteiger partial charge on any atom is 0.296 e. The predicted molar refractivity (Wildman–Crippen MR) is 125 cm³/mol. The lowest BCUT2D eigenvalue weighted by Crippen LogP contribution is -2.29. The zero-order valence-corrected chi connectivity index (χ0v) is 19.5. The van der Waals surface area contributed by atoms with Crippen molar-refractivity contribution < 1.29 is 28.2 Å². The Morgan fingerprint density at radius 2 is 1.82 bits per heavy atom. The molecule has 4 rings (SSSR count). The molecule has 0 spiro atoms. The van der Waals surface area contributed by atoms with E-state index in [1.165, 1.54) is 30.4 Å². The second-order valence-electron chi connectivity index (χ2n) is 9.23. The van der Waals surface area contributed by atoms with Crippen molar-refractivity contribution in [3.8, 4) is 5.75 Å². The van der Waals surface area contributed by atoms with E-state index < -0.39 is 29.3 Å².